The van der Waals surface area contributed by atoms with Crippen LogP contribution in [0.4, 0.5) is 0 Å². The minimum absolute atomic E-state index is 0.0314. The van der Waals surface area contributed by atoms with Gasteiger partial charge in [-0.15, -0.1) is 0 Å². The third-order valence-electron chi connectivity index (χ3n) is 3.46. The molecule has 0 aromatic heterocycles. The summed E-state index contributed by atoms with van der Waals surface area (Å²) in [6, 6.07) is 7.64. The number of carbonyl (C=O) groups excluding carboxylic acids is 2. The van der Waals surface area contributed by atoms with Crippen LogP contribution < -0.4 is 4.74 Å². The van der Waals surface area contributed by atoms with Gasteiger partial charge in [-0.1, -0.05) is 17.7 Å². The van der Waals surface area contributed by atoms with Gasteiger partial charge in [-0.05, 0) is 26.0 Å². The maximum Gasteiger partial charge on any atom is 0.263 e. The number of carbonyl (C=O) groups is 2. The third-order valence-corrected chi connectivity index (χ3v) is 3.46. The molecule has 1 atom stereocenters. The number of aryl methyl sites for hydroxylation is 1. The van der Waals surface area contributed by atoms with Crippen molar-refractivity contribution < 1.29 is 14.3 Å². The normalized spacial score (nSPS) is 16.7. The predicted octanol–water partition coefficient (Wildman–Crippen LogP) is 1.06. The Balaban J connectivity index is 1.89. The minimum Gasteiger partial charge on any atom is -0.481 e. The number of hydrogen-bond acceptors (Lipinski definition) is 3. The molecule has 20 heavy (non-hydrogen) atoms. The van der Waals surface area contributed by atoms with Crippen LogP contribution >= 0.6 is 0 Å². The summed E-state index contributed by atoms with van der Waals surface area (Å²) < 4.78 is 5.66. The minimum atomic E-state index is -0.513. The number of hydrogen-bond donors (Lipinski definition) is 0. The molecule has 2 rings (SSSR count). The van der Waals surface area contributed by atoms with E-state index in [1.807, 2.05) is 31.2 Å². The number of rotatable bonds is 4. The van der Waals surface area contributed by atoms with Gasteiger partial charge in [0.05, 0.1) is 0 Å². The Kier molecular flexibility index (Phi) is 4.61. The largest absolute Gasteiger partial charge is 0.481 e. The molecule has 1 heterocycles. The van der Waals surface area contributed by atoms with E-state index in [2.05, 4.69) is 0 Å². The molecular weight excluding hydrogens is 256 g/mol. The van der Waals surface area contributed by atoms with Gasteiger partial charge in [-0.25, -0.2) is 0 Å². The number of ether oxygens (including phenoxy) is 1. The molecule has 1 aromatic carbocycles. The van der Waals surface area contributed by atoms with Crippen molar-refractivity contribution in [1.29, 1.82) is 0 Å². The van der Waals surface area contributed by atoms with Crippen LogP contribution in [-0.2, 0) is 9.59 Å². The molecule has 2 amide bonds. The quantitative estimate of drug-likeness (QED) is 0.773. The zero-order valence-electron chi connectivity index (χ0n) is 11.9. The lowest BCUT2D eigenvalue weighted by molar-refractivity contribution is -0.141. The summed E-state index contributed by atoms with van der Waals surface area (Å²) in [6.45, 7) is 6.08. The van der Waals surface area contributed by atoms with Crippen molar-refractivity contribution in [2.24, 2.45) is 0 Å². The lowest BCUT2D eigenvalue weighted by atomic mass is 10.2. The smallest absolute Gasteiger partial charge is 0.263 e. The van der Waals surface area contributed by atoms with E-state index in [4.69, 9.17) is 4.74 Å². The first-order chi connectivity index (χ1) is 9.60. The van der Waals surface area contributed by atoms with Gasteiger partial charge in [0.25, 0.3) is 5.91 Å². The molecule has 0 unspecified atom stereocenters. The van der Waals surface area contributed by atoms with Crippen molar-refractivity contribution in [2.45, 2.75) is 20.0 Å². The van der Waals surface area contributed by atoms with Crippen molar-refractivity contribution >= 4 is 12.3 Å². The molecule has 0 aliphatic carbocycles. The fourth-order valence-corrected chi connectivity index (χ4v) is 2.18. The van der Waals surface area contributed by atoms with E-state index >= 15 is 0 Å². The molecule has 5 nitrogen and oxygen atoms in total. The average molecular weight is 276 g/mol. The van der Waals surface area contributed by atoms with Crippen molar-refractivity contribution in [3.8, 4) is 5.75 Å². The summed E-state index contributed by atoms with van der Waals surface area (Å²) in [4.78, 5) is 26.3. The van der Waals surface area contributed by atoms with Crippen LogP contribution in [0.1, 0.15) is 12.5 Å². The molecule has 1 aromatic rings. The summed E-state index contributed by atoms with van der Waals surface area (Å²) in [5.41, 5.74) is 1.15. The first-order valence-corrected chi connectivity index (χ1v) is 6.81. The maximum absolute atomic E-state index is 12.3. The zero-order valence-corrected chi connectivity index (χ0v) is 11.9. The van der Waals surface area contributed by atoms with Crippen molar-refractivity contribution in [3.63, 3.8) is 0 Å². The molecule has 0 N–H and O–H groups in total. The standard InChI is InChI=1S/C15H20N2O3/c1-12-3-5-14(6-4-12)20-13(2)15(19)17-9-7-16(11-18)8-10-17/h3-6,11,13H,7-10H2,1-2H3/t13-/m0/s1. The Hall–Kier alpha value is -2.04. The van der Waals surface area contributed by atoms with Crippen molar-refractivity contribution in [1.82, 2.24) is 9.80 Å². The van der Waals surface area contributed by atoms with E-state index in [1.165, 1.54) is 0 Å². The first-order valence-electron chi connectivity index (χ1n) is 6.81. The van der Waals surface area contributed by atoms with Gasteiger partial charge in [-0.2, -0.15) is 0 Å². The van der Waals surface area contributed by atoms with Gasteiger partial charge < -0.3 is 14.5 Å². The average Bonchev–Trinajstić information content (AvgIpc) is 2.49. The number of benzene rings is 1. The van der Waals surface area contributed by atoms with E-state index < -0.39 is 6.10 Å². The second-order valence-electron chi connectivity index (χ2n) is 5.04. The molecule has 0 spiro atoms. The molecule has 1 fully saturated rings. The van der Waals surface area contributed by atoms with Crippen molar-refractivity contribution in [2.75, 3.05) is 26.2 Å². The van der Waals surface area contributed by atoms with Gasteiger partial charge in [0.2, 0.25) is 6.41 Å². The van der Waals surface area contributed by atoms with Crippen LogP contribution in [0.5, 0.6) is 5.75 Å². The predicted molar refractivity (Wildman–Crippen MR) is 75.5 cm³/mol. The van der Waals surface area contributed by atoms with Crippen molar-refractivity contribution in [3.05, 3.63) is 29.8 Å². The third kappa shape index (κ3) is 3.50. The van der Waals surface area contributed by atoms with E-state index in [9.17, 15) is 9.59 Å². The molecule has 1 aliphatic heterocycles. The lowest BCUT2D eigenvalue weighted by Gasteiger charge is -2.33. The van der Waals surface area contributed by atoms with Crippen LogP contribution in [0.25, 0.3) is 0 Å². The van der Waals surface area contributed by atoms with Gasteiger partial charge in [-0.3, -0.25) is 9.59 Å². The summed E-state index contributed by atoms with van der Waals surface area (Å²) in [5.74, 6) is 0.666. The van der Waals surface area contributed by atoms with Gasteiger partial charge in [0.15, 0.2) is 6.10 Å². The number of nitrogens with zero attached hydrogens (tertiary/aromatic N) is 2. The molecule has 1 saturated heterocycles. The zero-order chi connectivity index (χ0) is 14.5. The molecule has 5 heteroatoms. The molecule has 0 bridgehead atoms. The highest BCUT2D eigenvalue weighted by Crippen LogP contribution is 2.14. The monoisotopic (exact) mass is 276 g/mol. The first kappa shape index (κ1) is 14.4. The van der Waals surface area contributed by atoms with E-state index in [1.54, 1.807) is 16.7 Å². The Morgan fingerprint density at radius 3 is 2.35 bits per heavy atom. The molecule has 1 aliphatic rings. The van der Waals surface area contributed by atoms with Crippen LogP contribution in [-0.4, -0.2) is 54.4 Å². The second-order valence-corrected chi connectivity index (χ2v) is 5.04. The van der Waals surface area contributed by atoms with Crippen LogP contribution in [0.15, 0.2) is 24.3 Å². The number of amides is 2. The Morgan fingerprint density at radius 2 is 1.80 bits per heavy atom. The Morgan fingerprint density at radius 1 is 1.20 bits per heavy atom. The lowest BCUT2D eigenvalue weighted by Crippen LogP contribution is -2.51. The maximum atomic E-state index is 12.3. The fraction of sp³-hybridized carbons (Fsp3) is 0.467. The Bertz CT molecular complexity index is 465. The highest BCUT2D eigenvalue weighted by atomic mass is 16.5. The van der Waals surface area contributed by atoms with E-state index in [0.717, 1.165) is 12.0 Å². The summed E-state index contributed by atoms with van der Waals surface area (Å²) in [7, 11) is 0. The number of piperazine rings is 1. The van der Waals surface area contributed by atoms with Crippen LogP contribution in [0.2, 0.25) is 0 Å². The molecule has 108 valence electrons. The summed E-state index contributed by atoms with van der Waals surface area (Å²) in [5, 5.41) is 0. The van der Waals surface area contributed by atoms with E-state index in [0.29, 0.717) is 31.9 Å². The topological polar surface area (TPSA) is 49.9 Å². The van der Waals surface area contributed by atoms with Crippen LogP contribution in [0, 0.1) is 6.92 Å². The highest BCUT2D eigenvalue weighted by Gasteiger charge is 2.25. The molecular formula is C15H20N2O3. The van der Waals surface area contributed by atoms with Gasteiger partial charge >= 0.3 is 0 Å². The SMILES string of the molecule is Cc1ccc(O[C@@H](C)C(=O)N2CCN(C=O)CC2)cc1. The van der Waals surface area contributed by atoms with Crippen LogP contribution in [0.3, 0.4) is 0 Å². The highest BCUT2D eigenvalue weighted by molar-refractivity contribution is 5.81. The fourth-order valence-electron chi connectivity index (χ4n) is 2.18. The molecule has 0 saturated carbocycles. The Labute approximate surface area is 119 Å². The van der Waals surface area contributed by atoms with Gasteiger partial charge in [0.1, 0.15) is 5.75 Å². The molecule has 0 radical (unpaired) electrons. The summed E-state index contributed by atoms with van der Waals surface area (Å²) in [6.07, 6.45) is 0.314. The summed E-state index contributed by atoms with van der Waals surface area (Å²) >= 11 is 0. The van der Waals surface area contributed by atoms with E-state index in [-0.39, 0.29) is 5.91 Å². The second kappa shape index (κ2) is 6.41. The van der Waals surface area contributed by atoms with Gasteiger partial charge in [0, 0.05) is 26.2 Å².